The Morgan fingerprint density at radius 2 is 1.91 bits per heavy atom. The lowest BCUT2D eigenvalue weighted by atomic mass is 10.0. The number of carboxylic acids is 1. The highest BCUT2D eigenvalue weighted by Crippen LogP contribution is 2.46. The van der Waals surface area contributed by atoms with Crippen LogP contribution in [0.5, 0.6) is 0 Å². The number of aliphatic carboxylic acids is 1. The van der Waals surface area contributed by atoms with Gasteiger partial charge in [-0.3, -0.25) is 4.79 Å². The van der Waals surface area contributed by atoms with Crippen LogP contribution >= 0.6 is 11.6 Å². The van der Waals surface area contributed by atoms with E-state index in [4.69, 9.17) is 11.6 Å². The Hall–Kier alpha value is -2.30. The summed E-state index contributed by atoms with van der Waals surface area (Å²) in [6.45, 7) is 2.20. The van der Waals surface area contributed by atoms with Crippen molar-refractivity contribution in [3.8, 4) is 0 Å². The number of sulfonamides is 1. The number of halogens is 4. The fourth-order valence-electron chi connectivity index (χ4n) is 5.03. The molecule has 2 aliphatic rings. The van der Waals surface area contributed by atoms with E-state index in [1.165, 1.54) is 16.4 Å². The number of fused-ring (bicyclic) bond motifs is 1. The number of piperazine rings is 1. The van der Waals surface area contributed by atoms with Gasteiger partial charge in [-0.15, -0.1) is 0 Å². The van der Waals surface area contributed by atoms with E-state index >= 15 is 0 Å². The van der Waals surface area contributed by atoms with E-state index in [1.54, 1.807) is 36.1 Å². The SMILES string of the molecule is CCC1CN(c2ccc(C(F)(F)F)c(Cl)c2)CCN1S(=O)(=O)C1(C(=O)O)CCc2ccccc21. The van der Waals surface area contributed by atoms with Crippen molar-refractivity contribution in [3.05, 3.63) is 64.2 Å². The Balaban J connectivity index is 1.65. The minimum Gasteiger partial charge on any atom is -0.480 e. The third kappa shape index (κ3) is 3.85. The number of hydrogen-bond acceptors (Lipinski definition) is 4. The first-order valence-corrected chi connectivity index (χ1v) is 12.7. The fraction of sp³-hybridized carbons (Fsp3) is 0.435. The monoisotopic (exact) mass is 516 g/mol. The lowest BCUT2D eigenvalue weighted by molar-refractivity contribution is -0.140. The van der Waals surface area contributed by atoms with Crippen LogP contribution in [-0.2, 0) is 32.2 Å². The fourth-order valence-corrected chi connectivity index (χ4v) is 7.70. The van der Waals surface area contributed by atoms with Crippen molar-refractivity contribution in [1.82, 2.24) is 4.31 Å². The normalized spacial score (nSPS) is 23.7. The van der Waals surface area contributed by atoms with Gasteiger partial charge in [0.2, 0.25) is 14.8 Å². The van der Waals surface area contributed by atoms with E-state index < -0.39 is 43.5 Å². The second-order valence-electron chi connectivity index (χ2n) is 8.58. The average molecular weight is 517 g/mol. The molecule has 1 heterocycles. The molecular weight excluding hydrogens is 493 g/mol. The molecule has 1 N–H and O–H groups in total. The number of carboxylic acid groups (broad SMARTS) is 1. The van der Waals surface area contributed by atoms with Crippen LogP contribution in [0, 0.1) is 0 Å². The van der Waals surface area contributed by atoms with E-state index in [0.29, 0.717) is 29.7 Å². The summed E-state index contributed by atoms with van der Waals surface area (Å²) in [4.78, 5) is 14.3. The smallest absolute Gasteiger partial charge is 0.417 e. The van der Waals surface area contributed by atoms with Gasteiger partial charge in [-0.05, 0) is 48.6 Å². The van der Waals surface area contributed by atoms with Gasteiger partial charge in [-0.2, -0.15) is 17.5 Å². The van der Waals surface area contributed by atoms with Gasteiger partial charge in [0.15, 0.2) is 0 Å². The molecule has 2 atom stereocenters. The standard InChI is InChI=1S/C23H24ClF3N2O4S/c1-2-16-14-28(17-7-8-19(20(24)13-17)23(25,26)27)11-12-29(16)34(32,33)22(21(30)31)10-9-15-5-3-4-6-18(15)22/h3-8,13,16H,2,9-12,14H2,1H3,(H,30,31). The molecule has 184 valence electrons. The topological polar surface area (TPSA) is 77.9 Å². The zero-order chi connectivity index (χ0) is 24.9. The molecule has 1 aliphatic heterocycles. The van der Waals surface area contributed by atoms with Crippen molar-refractivity contribution in [3.63, 3.8) is 0 Å². The first kappa shape index (κ1) is 24.8. The number of rotatable bonds is 5. The van der Waals surface area contributed by atoms with Crippen molar-refractivity contribution in [2.75, 3.05) is 24.5 Å². The van der Waals surface area contributed by atoms with E-state index in [-0.39, 0.29) is 26.1 Å². The second kappa shape index (κ2) is 8.73. The van der Waals surface area contributed by atoms with Crippen LogP contribution in [0.25, 0.3) is 0 Å². The summed E-state index contributed by atoms with van der Waals surface area (Å²) in [7, 11) is -4.30. The molecular formula is C23H24ClF3N2O4S. The molecule has 0 aromatic heterocycles. The maximum absolute atomic E-state index is 13.9. The van der Waals surface area contributed by atoms with Gasteiger partial charge in [0.05, 0.1) is 10.6 Å². The van der Waals surface area contributed by atoms with Crippen molar-refractivity contribution in [2.45, 2.75) is 43.2 Å². The number of hydrogen-bond donors (Lipinski definition) is 1. The van der Waals surface area contributed by atoms with Gasteiger partial charge in [-0.1, -0.05) is 42.8 Å². The molecule has 1 saturated heterocycles. The number of aryl methyl sites for hydroxylation is 1. The number of benzene rings is 2. The molecule has 0 saturated carbocycles. The largest absolute Gasteiger partial charge is 0.480 e. The minimum absolute atomic E-state index is 0.0106. The highest BCUT2D eigenvalue weighted by atomic mass is 35.5. The van der Waals surface area contributed by atoms with E-state index in [9.17, 15) is 31.5 Å². The van der Waals surface area contributed by atoms with Gasteiger partial charge >= 0.3 is 12.1 Å². The van der Waals surface area contributed by atoms with Crippen LogP contribution in [0.4, 0.5) is 18.9 Å². The molecule has 1 aliphatic carbocycles. The Morgan fingerprint density at radius 1 is 1.21 bits per heavy atom. The number of alkyl halides is 3. The van der Waals surface area contributed by atoms with E-state index in [2.05, 4.69) is 0 Å². The summed E-state index contributed by atoms with van der Waals surface area (Å²) < 4.78 is 66.2. The van der Waals surface area contributed by atoms with Crippen molar-refractivity contribution >= 4 is 33.3 Å². The van der Waals surface area contributed by atoms with Gasteiger partial charge in [0, 0.05) is 31.4 Å². The molecule has 0 bridgehead atoms. The van der Waals surface area contributed by atoms with Gasteiger partial charge < -0.3 is 10.0 Å². The molecule has 6 nitrogen and oxygen atoms in total. The molecule has 0 amide bonds. The zero-order valence-electron chi connectivity index (χ0n) is 18.3. The van der Waals surface area contributed by atoms with Crippen LogP contribution in [-0.4, -0.2) is 49.5 Å². The maximum atomic E-state index is 13.9. The Kier molecular flexibility index (Phi) is 6.37. The predicted octanol–water partition coefficient (Wildman–Crippen LogP) is 4.52. The molecule has 34 heavy (non-hydrogen) atoms. The quantitative estimate of drug-likeness (QED) is 0.632. The van der Waals surface area contributed by atoms with Crippen molar-refractivity contribution < 1.29 is 31.5 Å². The first-order valence-electron chi connectivity index (χ1n) is 10.9. The van der Waals surface area contributed by atoms with Crippen LogP contribution < -0.4 is 4.90 Å². The second-order valence-corrected chi connectivity index (χ2v) is 11.1. The lowest BCUT2D eigenvalue weighted by Crippen LogP contribution is -2.60. The van der Waals surface area contributed by atoms with E-state index in [0.717, 1.165) is 6.07 Å². The molecule has 2 aromatic carbocycles. The van der Waals surface area contributed by atoms with Crippen LogP contribution in [0.15, 0.2) is 42.5 Å². The van der Waals surface area contributed by atoms with Gasteiger partial charge in [0.25, 0.3) is 0 Å². The number of carbonyl (C=O) groups is 1. The summed E-state index contributed by atoms with van der Waals surface area (Å²) in [6.07, 6.45) is -3.86. The predicted molar refractivity (Wildman–Crippen MR) is 122 cm³/mol. The molecule has 0 radical (unpaired) electrons. The Bertz CT molecular complexity index is 1220. The van der Waals surface area contributed by atoms with Crippen molar-refractivity contribution in [1.29, 1.82) is 0 Å². The molecule has 2 unspecified atom stereocenters. The summed E-state index contributed by atoms with van der Waals surface area (Å²) in [6, 6.07) is 9.62. The number of anilines is 1. The number of nitrogens with zero attached hydrogens (tertiary/aromatic N) is 2. The van der Waals surface area contributed by atoms with Gasteiger partial charge in [-0.25, -0.2) is 8.42 Å². The average Bonchev–Trinajstić information content (AvgIpc) is 3.19. The summed E-state index contributed by atoms with van der Waals surface area (Å²) >= 11 is 5.87. The summed E-state index contributed by atoms with van der Waals surface area (Å²) in [5, 5.41) is 9.74. The molecule has 4 rings (SSSR count). The maximum Gasteiger partial charge on any atom is 0.417 e. The Morgan fingerprint density at radius 3 is 2.53 bits per heavy atom. The van der Waals surface area contributed by atoms with Crippen LogP contribution in [0.2, 0.25) is 5.02 Å². The molecule has 11 heteroatoms. The lowest BCUT2D eigenvalue weighted by Gasteiger charge is -2.44. The van der Waals surface area contributed by atoms with E-state index in [1.807, 2.05) is 0 Å². The summed E-state index contributed by atoms with van der Waals surface area (Å²) in [5.74, 6) is -1.40. The molecule has 1 fully saturated rings. The molecule has 0 spiro atoms. The molecule has 2 aromatic rings. The van der Waals surface area contributed by atoms with Gasteiger partial charge in [0.1, 0.15) is 0 Å². The summed E-state index contributed by atoms with van der Waals surface area (Å²) in [5.41, 5.74) is 0.524. The highest BCUT2D eigenvalue weighted by molar-refractivity contribution is 7.90. The minimum atomic E-state index is -4.57. The highest BCUT2D eigenvalue weighted by Gasteiger charge is 2.59. The zero-order valence-corrected chi connectivity index (χ0v) is 19.9. The van der Waals surface area contributed by atoms with Crippen molar-refractivity contribution in [2.24, 2.45) is 0 Å². The van der Waals surface area contributed by atoms with Crippen LogP contribution in [0.3, 0.4) is 0 Å². The Labute approximate surface area is 201 Å². The third-order valence-corrected chi connectivity index (χ3v) is 9.71. The van der Waals surface area contributed by atoms with Crippen LogP contribution in [0.1, 0.15) is 36.5 Å². The first-order chi connectivity index (χ1) is 15.9. The third-order valence-electron chi connectivity index (χ3n) is 6.82.